The van der Waals surface area contributed by atoms with Crippen molar-refractivity contribution in [1.82, 2.24) is 25.5 Å². The predicted octanol–water partition coefficient (Wildman–Crippen LogP) is 2.59. The molecular formula is C18H25N5O. The molecule has 0 saturated heterocycles. The minimum Gasteiger partial charge on any atom is -0.351 e. The molecule has 3 rings (SSSR count). The second kappa shape index (κ2) is 7.11. The van der Waals surface area contributed by atoms with Crippen molar-refractivity contribution in [3.05, 3.63) is 29.8 Å². The van der Waals surface area contributed by atoms with E-state index in [1.807, 2.05) is 31.2 Å². The van der Waals surface area contributed by atoms with Crippen LogP contribution in [0.4, 0.5) is 0 Å². The van der Waals surface area contributed by atoms with E-state index in [-0.39, 0.29) is 18.5 Å². The van der Waals surface area contributed by atoms with Gasteiger partial charge in [0.15, 0.2) is 0 Å². The number of benzene rings is 1. The molecule has 128 valence electrons. The van der Waals surface area contributed by atoms with E-state index in [2.05, 4.69) is 34.6 Å². The number of amides is 1. The molecular weight excluding hydrogens is 302 g/mol. The molecule has 1 aliphatic carbocycles. The molecule has 1 N–H and O–H groups in total. The molecule has 1 heterocycles. The summed E-state index contributed by atoms with van der Waals surface area (Å²) in [5.41, 5.74) is 2.03. The Bertz CT molecular complexity index is 711. The van der Waals surface area contributed by atoms with Gasteiger partial charge < -0.3 is 5.32 Å². The minimum absolute atomic E-state index is 0.0466. The van der Waals surface area contributed by atoms with Crippen LogP contribution >= 0.6 is 0 Å². The van der Waals surface area contributed by atoms with E-state index in [1.54, 1.807) is 0 Å². The summed E-state index contributed by atoms with van der Waals surface area (Å²) in [6, 6.07) is 8.14. The number of aromatic nitrogens is 4. The van der Waals surface area contributed by atoms with Gasteiger partial charge in [-0.1, -0.05) is 51.0 Å². The number of hydrogen-bond donors (Lipinski definition) is 1. The Morgan fingerprint density at radius 3 is 2.88 bits per heavy atom. The number of tetrazole rings is 1. The smallest absolute Gasteiger partial charge is 0.243 e. The first-order chi connectivity index (χ1) is 11.5. The highest BCUT2D eigenvalue weighted by atomic mass is 16.2. The van der Waals surface area contributed by atoms with Crippen LogP contribution in [-0.2, 0) is 11.3 Å². The Morgan fingerprint density at radius 2 is 2.08 bits per heavy atom. The minimum atomic E-state index is -0.0466. The second-order valence-electron chi connectivity index (χ2n) is 6.90. The standard InChI is InChI=1S/C18H25N5O/c1-12-8-6-10-16(14(12)3)19-17(24)11-23-21-18(20-22-23)15-9-5-4-7-13(15)2/h4-5,7,9,12,14,16H,6,8,10-11H2,1-3H3,(H,19,24)/t12-,14+,16-/m1/s1. The van der Waals surface area contributed by atoms with Gasteiger partial charge in [0.2, 0.25) is 11.7 Å². The number of carbonyl (C=O) groups excluding carboxylic acids is 1. The maximum absolute atomic E-state index is 12.3. The molecule has 6 heteroatoms. The van der Waals surface area contributed by atoms with E-state index >= 15 is 0 Å². The van der Waals surface area contributed by atoms with Gasteiger partial charge in [-0.2, -0.15) is 4.80 Å². The topological polar surface area (TPSA) is 72.7 Å². The van der Waals surface area contributed by atoms with Crippen LogP contribution in [0.1, 0.15) is 38.7 Å². The zero-order valence-electron chi connectivity index (χ0n) is 14.6. The van der Waals surface area contributed by atoms with Gasteiger partial charge in [0.1, 0.15) is 6.54 Å². The zero-order chi connectivity index (χ0) is 17.1. The average Bonchev–Trinajstić information content (AvgIpc) is 3.00. The van der Waals surface area contributed by atoms with Crippen molar-refractivity contribution in [3.8, 4) is 11.4 Å². The summed E-state index contributed by atoms with van der Waals surface area (Å²) >= 11 is 0. The van der Waals surface area contributed by atoms with Gasteiger partial charge in [0.25, 0.3) is 0 Å². The van der Waals surface area contributed by atoms with Crippen molar-refractivity contribution in [1.29, 1.82) is 0 Å². The molecule has 1 amide bonds. The summed E-state index contributed by atoms with van der Waals surface area (Å²) in [4.78, 5) is 13.7. The molecule has 6 nitrogen and oxygen atoms in total. The molecule has 1 aromatic carbocycles. The molecule has 1 aromatic heterocycles. The Labute approximate surface area is 142 Å². The highest BCUT2D eigenvalue weighted by Gasteiger charge is 2.28. The molecule has 0 aliphatic heterocycles. The van der Waals surface area contributed by atoms with Gasteiger partial charge in [-0.05, 0) is 36.0 Å². The summed E-state index contributed by atoms with van der Waals surface area (Å²) in [7, 11) is 0. The van der Waals surface area contributed by atoms with Gasteiger partial charge in [-0.15, -0.1) is 10.2 Å². The van der Waals surface area contributed by atoms with Gasteiger partial charge in [0.05, 0.1) is 0 Å². The number of nitrogens with one attached hydrogen (secondary N) is 1. The summed E-state index contributed by atoms with van der Waals surface area (Å²) < 4.78 is 0. The lowest BCUT2D eigenvalue weighted by molar-refractivity contribution is -0.123. The van der Waals surface area contributed by atoms with E-state index < -0.39 is 0 Å². The Hall–Kier alpha value is -2.24. The van der Waals surface area contributed by atoms with E-state index in [9.17, 15) is 4.79 Å². The van der Waals surface area contributed by atoms with Gasteiger partial charge in [-0.3, -0.25) is 4.79 Å². The second-order valence-corrected chi connectivity index (χ2v) is 6.90. The largest absolute Gasteiger partial charge is 0.351 e. The van der Waals surface area contributed by atoms with Crippen LogP contribution in [0.25, 0.3) is 11.4 Å². The fourth-order valence-electron chi connectivity index (χ4n) is 3.41. The van der Waals surface area contributed by atoms with Crippen LogP contribution in [0, 0.1) is 18.8 Å². The van der Waals surface area contributed by atoms with Gasteiger partial charge >= 0.3 is 0 Å². The molecule has 2 aromatic rings. The molecule has 1 fully saturated rings. The van der Waals surface area contributed by atoms with Crippen LogP contribution in [0.2, 0.25) is 0 Å². The average molecular weight is 327 g/mol. The van der Waals surface area contributed by atoms with E-state index in [0.717, 1.165) is 17.5 Å². The number of rotatable bonds is 4. The summed E-state index contributed by atoms with van der Waals surface area (Å²) in [5.74, 6) is 1.67. The van der Waals surface area contributed by atoms with E-state index in [0.29, 0.717) is 17.7 Å². The Kier molecular flexibility index (Phi) is 4.92. The summed E-state index contributed by atoms with van der Waals surface area (Å²) in [6.45, 7) is 6.60. The predicted molar refractivity (Wildman–Crippen MR) is 92.1 cm³/mol. The fraction of sp³-hybridized carbons (Fsp3) is 0.556. The third-order valence-corrected chi connectivity index (χ3v) is 5.18. The number of nitrogens with zero attached hydrogens (tertiary/aromatic N) is 4. The first-order valence-corrected chi connectivity index (χ1v) is 8.68. The lowest BCUT2D eigenvalue weighted by Crippen LogP contribution is -2.45. The quantitative estimate of drug-likeness (QED) is 0.937. The highest BCUT2D eigenvalue weighted by Crippen LogP contribution is 2.29. The van der Waals surface area contributed by atoms with Crippen molar-refractivity contribution in [3.63, 3.8) is 0 Å². The van der Waals surface area contributed by atoms with Gasteiger partial charge in [-0.25, -0.2) is 0 Å². The number of aryl methyl sites for hydroxylation is 1. The molecule has 0 bridgehead atoms. The molecule has 0 spiro atoms. The van der Waals surface area contributed by atoms with Crippen molar-refractivity contribution in [2.24, 2.45) is 11.8 Å². The lowest BCUT2D eigenvalue weighted by Gasteiger charge is -2.34. The maximum atomic E-state index is 12.3. The molecule has 1 aliphatic rings. The van der Waals surface area contributed by atoms with Crippen LogP contribution in [0.5, 0.6) is 0 Å². The van der Waals surface area contributed by atoms with Crippen LogP contribution < -0.4 is 5.32 Å². The van der Waals surface area contributed by atoms with E-state index in [4.69, 9.17) is 0 Å². The van der Waals surface area contributed by atoms with Crippen LogP contribution in [-0.4, -0.2) is 32.2 Å². The fourth-order valence-corrected chi connectivity index (χ4v) is 3.41. The Morgan fingerprint density at radius 1 is 1.29 bits per heavy atom. The van der Waals surface area contributed by atoms with E-state index in [1.165, 1.54) is 17.6 Å². The van der Waals surface area contributed by atoms with Crippen molar-refractivity contribution in [2.75, 3.05) is 0 Å². The Balaban J connectivity index is 1.62. The van der Waals surface area contributed by atoms with Crippen LogP contribution in [0.3, 0.4) is 0 Å². The third kappa shape index (κ3) is 3.63. The van der Waals surface area contributed by atoms with Gasteiger partial charge in [0, 0.05) is 11.6 Å². The molecule has 0 unspecified atom stereocenters. The molecule has 3 atom stereocenters. The summed E-state index contributed by atoms with van der Waals surface area (Å²) in [5, 5.41) is 15.6. The SMILES string of the molecule is Cc1ccccc1-c1nnn(CC(=O)N[C@@H]2CCC[C@@H](C)[C@@H]2C)n1. The molecule has 24 heavy (non-hydrogen) atoms. The monoisotopic (exact) mass is 327 g/mol. The molecule has 0 radical (unpaired) electrons. The van der Waals surface area contributed by atoms with Crippen LogP contribution in [0.15, 0.2) is 24.3 Å². The number of carbonyl (C=O) groups is 1. The van der Waals surface area contributed by atoms with Crippen molar-refractivity contribution < 1.29 is 4.79 Å². The first-order valence-electron chi connectivity index (χ1n) is 8.68. The van der Waals surface area contributed by atoms with Crippen molar-refractivity contribution >= 4 is 5.91 Å². The zero-order valence-corrected chi connectivity index (χ0v) is 14.6. The third-order valence-electron chi connectivity index (χ3n) is 5.18. The van der Waals surface area contributed by atoms with Crippen molar-refractivity contribution in [2.45, 2.75) is 52.6 Å². The first kappa shape index (κ1) is 16.6. The molecule has 1 saturated carbocycles. The number of hydrogen-bond acceptors (Lipinski definition) is 4. The normalized spacial score (nSPS) is 23.9. The lowest BCUT2D eigenvalue weighted by atomic mass is 9.78. The maximum Gasteiger partial charge on any atom is 0.243 e. The summed E-state index contributed by atoms with van der Waals surface area (Å²) in [6.07, 6.45) is 3.48. The highest BCUT2D eigenvalue weighted by molar-refractivity contribution is 5.75.